The van der Waals surface area contributed by atoms with E-state index in [9.17, 15) is 31.2 Å². The molecule has 7 nitrogen and oxygen atoms in total. The molecule has 0 atom stereocenters. The van der Waals surface area contributed by atoms with E-state index in [-0.39, 0.29) is 12.5 Å². The van der Waals surface area contributed by atoms with Crippen LogP contribution in [0.2, 0.25) is 0 Å². The van der Waals surface area contributed by atoms with E-state index in [0.29, 0.717) is 11.1 Å². The van der Waals surface area contributed by atoms with Gasteiger partial charge in [0.25, 0.3) is 21.7 Å². The number of alkyl halides is 3. The lowest BCUT2D eigenvalue weighted by molar-refractivity contribution is -0.0438. The predicted octanol–water partition coefficient (Wildman–Crippen LogP) is 2.01. The molecule has 0 aliphatic carbocycles. The first-order chi connectivity index (χ1) is 12.9. The SMILES string of the molecule is CN(C)C(=O)c1ccc(CNC(=O)c2cccnc2S(=O)(=O)C(F)(F)F)cc1. The predicted molar refractivity (Wildman–Crippen MR) is 93.1 cm³/mol. The molecule has 0 saturated carbocycles. The van der Waals surface area contributed by atoms with Gasteiger partial charge in [0.1, 0.15) is 0 Å². The quantitative estimate of drug-likeness (QED) is 0.806. The summed E-state index contributed by atoms with van der Waals surface area (Å²) in [6, 6.07) is 8.30. The number of pyridine rings is 1. The highest BCUT2D eigenvalue weighted by atomic mass is 32.2. The van der Waals surface area contributed by atoms with E-state index in [4.69, 9.17) is 0 Å². The molecule has 0 radical (unpaired) electrons. The van der Waals surface area contributed by atoms with Crippen LogP contribution in [-0.2, 0) is 16.4 Å². The van der Waals surface area contributed by atoms with Crippen LogP contribution >= 0.6 is 0 Å². The first-order valence-corrected chi connectivity index (χ1v) is 9.28. The van der Waals surface area contributed by atoms with Crippen molar-refractivity contribution in [2.75, 3.05) is 14.1 Å². The fourth-order valence-electron chi connectivity index (χ4n) is 2.19. The Morgan fingerprint density at radius 3 is 2.25 bits per heavy atom. The van der Waals surface area contributed by atoms with E-state index in [2.05, 4.69) is 10.3 Å². The van der Waals surface area contributed by atoms with E-state index in [1.807, 2.05) is 0 Å². The highest BCUT2D eigenvalue weighted by Gasteiger charge is 2.49. The maximum atomic E-state index is 12.8. The topological polar surface area (TPSA) is 96.4 Å². The van der Waals surface area contributed by atoms with Gasteiger partial charge in [0, 0.05) is 32.4 Å². The normalized spacial score (nSPS) is 11.8. The Morgan fingerprint density at radius 1 is 1.11 bits per heavy atom. The number of carbonyl (C=O) groups excluding carboxylic acids is 2. The van der Waals surface area contributed by atoms with Gasteiger partial charge < -0.3 is 10.2 Å². The molecule has 0 saturated heterocycles. The van der Waals surface area contributed by atoms with Crippen molar-refractivity contribution in [3.05, 3.63) is 59.3 Å². The zero-order chi connectivity index (χ0) is 21.1. The molecule has 2 aromatic rings. The highest BCUT2D eigenvalue weighted by molar-refractivity contribution is 7.92. The summed E-state index contributed by atoms with van der Waals surface area (Å²) in [5.41, 5.74) is -5.30. The van der Waals surface area contributed by atoms with Gasteiger partial charge in [0.2, 0.25) is 0 Å². The van der Waals surface area contributed by atoms with Gasteiger partial charge in [0.15, 0.2) is 5.03 Å². The van der Waals surface area contributed by atoms with Gasteiger partial charge in [-0.1, -0.05) is 12.1 Å². The first-order valence-electron chi connectivity index (χ1n) is 7.80. The number of rotatable bonds is 5. The molecule has 0 fully saturated rings. The summed E-state index contributed by atoms with van der Waals surface area (Å²) >= 11 is 0. The van der Waals surface area contributed by atoms with E-state index >= 15 is 0 Å². The van der Waals surface area contributed by atoms with Crippen molar-refractivity contribution in [3.8, 4) is 0 Å². The maximum absolute atomic E-state index is 12.8. The van der Waals surface area contributed by atoms with E-state index in [0.717, 1.165) is 18.3 Å². The Balaban J connectivity index is 2.18. The summed E-state index contributed by atoms with van der Waals surface area (Å²) in [7, 11) is -2.58. The van der Waals surface area contributed by atoms with Gasteiger partial charge in [-0.2, -0.15) is 13.2 Å². The highest BCUT2D eigenvalue weighted by Crippen LogP contribution is 2.30. The lowest BCUT2D eigenvalue weighted by Gasteiger charge is -2.12. The molecule has 0 bridgehead atoms. The lowest BCUT2D eigenvalue weighted by atomic mass is 10.1. The van der Waals surface area contributed by atoms with Crippen molar-refractivity contribution in [3.63, 3.8) is 0 Å². The van der Waals surface area contributed by atoms with Gasteiger partial charge in [0.05, 0.1) is 5.56 Å². The largest absolute Gasteiger partial charge is 0.503 e. The van der Waals surface area contributed by atoms with Crippen molar-refractivity contribution in [1.29, 1.82) is 0 Å². The fraction of sp³-hybridized carbons (Fsp3) is 0.235. The van der Waals surface area contributed by atoms with Crippen LogP contribution < -0.4 is 5.32 Å². The molecule has 1 aromatic carbocycles. The number of hydrogen-bond donors (Lipinski definition) is 1. The van der Waals surface area contributed by atoms with E-state index < -0.39 is 31.8 Å². The molecule has 0 aliphatic heterocycles. The van der Waals surface area contributed by atoms with Crippen molar-refractivity contribution < 1.29 is 31.2 Å². The van der Waals surface area contributed by atoms with Crippen molar-refractivity contribution in [2.24, 2.45) is 0 Å². The number of halogens is 3. The van der Waals surface area contributed by atoms with Crippen molar-refractivity contribution in [2.45, 2.75) is 17.1 Å². The third-order valence-corrected chi connectivity index (χ3v) is 5.08. The summed E-state index contributed by atoms with van der Waals surface area (Å²) in [6.45, 7) is -0.0876. The second-order valence-electron chi connectivity index (χ2n) is 5.88. The monoisotopic (exact) mass is 415 g/mol. The molecule has 1 heterocycles. The molecule has 0 spiro atoms. The Morgan fingerprint density at radius 2 is 1.71 bits per heavy atom. The minimum atomic E-state index is -5.77. The number of sulfone groups is 1. The zero-order valence-corrected chi connectivity index (χ0v) is 15.6. The second kappa shape index (κ2) is 7.97. The molecular weight excluding hydrogens is 399 g/mol. The van der Waals surface area contributed by atoms with E-state index in [1.54, 1.807) is 26.2 Å². The number of nitrogens with one attached hydrogen (secondary N) is 1. The number of carbonyl (C=O) groups is 2. The third-order valence-electron chi connectivity index (χ3n) is 3.64. The van der Waals surface area contributed by atoms with Crippen LogP contribution in [0.3, 0.4) is 0 Å². The summed E-state index contributed by atoms with van der Waals surface area (Å²) in [5, 5.41) is 0.990. The van der Waals surface area contributed by atoms with Crippen LogP contribution in [0.25, 0.3) is 0 Å². The molecule has 0 unspecified atom stereocenters. The first kappa shape index (κ1) is 21.4. The van der Waals surface area contributed by atoms with Crippen LogP contribution in [-0.4, -0.2) is 49.7 Å². The summed E-state index contributed by atoms with van der Waals surface area (Å²) in [6.07, 6.45) is 0.857. The van der Waals surface area contributed by atoms with E-state index in [1.165, 1.54) is 17.0 Å². The fourth-order valence-corrected chi connectivity index (χ4v) is 3.06. The minimum absolute atomic E-state index is 0.0876. The minimum Gasteiger partial charge on any atom is -0.348 e. The summed E-state index contributed by atoms with van der Waals surface area (Å²) in [5.74, 6) is -1.24. The molecule has 1 aromatic heterocycles. The van der Waals surface area contributed by atoms with Crippen LogP contribution in [0, 0.1) is 0 Å². The van der Waals surface area contributed by atoms with Gasteiger partial charge in [-0.3, -0.25) is 9.59 Å². The molecule has 28 heavy (non-hydrogen) atoms. The van der Waals surface area contributed by atoms with Crippen molar-refractivity contribution in [1.82, 2.24) is 15.2 Å². The van der Waals surface area contributed by atoms with Gasteiger partial charge in [-0.15, -0.1) is 0 Å². The van der Waals surface area contributed by atoms with Gasteiger partial charge in [-0.05, 0) is 29.8 Å². The lowest BCUT2D eigenvalue weighted by Crippen LogP contribution is -2.30. The third kappa shape index (κ3) is 4.47. The second-order valence-corrected chi connectivity index (χ2v) is 7.74. The number of aromatic nitrogens is 1. The summed E-state index contributed by atoms with van der Waals surface area (Å²) < 4.78 is 61.6. The number of amides is 2. The summed E-state index contributed by atoms with van der Waals surface area (Å²) in [4.78, 5) is 28.7. The number of hydrogen-bond acceptors (Lipinski definition) is 5. The molecule has 0 aliphatic rings. The molecule has 1 N–H and O–H groups in total. The van der Waals surface area contributed by atoms with Crippen LogP contribution in [0.1, 0.15) is 26.3 Å². The standard InChI is InChI=1S/C17H16F3N3O4S/c1-23(2)16(25)12-7-5-11(6-8-12)10-22-14(24)13-4-3-9-21-15(13)28(26,27)17(18,19)20/h3-9H,10H2,1-2H3,(H,22,24). The Kier molecular flexibility index (Phi) is 6.07. The van der Waals surface area contributed by atoms with Gasteiger partial charge in [-0.25, -0.2) is 13.4 Å². The van der Waals surface area contributed by atoms with Gasteiger partial charge >= 0.3 is 5.51 Å². The Labute approximate surface area is 159 Å². The average Bonchev–Trinajstić information content (AvgIpc) is 2.65. The van der Waals surface area contributed by atoms with Crippen molar-refractivity contribution >= 4 is 21.7 Å². The number of nitrogens with zero attached hydrogens (tertiary/aromatic N) is 2. The van der Waals surface area contributed by atoms with Crippen LogP contribution in [0.15, 0.2) is 47.6 Å². The number of benzene rings is 1. The molecule has 11 heteroatoms. The molecule has 150 valence electrons. The Hall–Kier alpha value is -2.95. The molecular formula is C17H16F3N3O4S. The Bertz CT molecular complexity index is 987. The zero-order valence-electron chi connectivity index (χ0n) is 14.8. The molecule has 2 rings (SSSR count). The van der Waals surface area contributed by atoms with Crippen LogP contribution in [0.4, 0.5) is 13.2 Å². The maximum Gasteiger partial charge on any atom is 0.503 e. The van der Waals surface area contributed by atoms with Crippen LogP contribution in [0.5, 0.6) is 0 Å². The smallest absolute Gasteiger partial charge is 0.348 e. The average molecular weight is 415 g/mol. The molecule has 2 amide bonds.